The third kappa shape index (κ3) is 4.96. The van der Waals surface area contributed by atoms with E-state index in [1.165, 1.54) is 12.1 Å². The zero-order valence-corrected chi connectivity index (χ0v) is 18.9. The Balaban J connectivity index is 1.53. The summed E-state index contributed by atoms with van der Waals surface area (Å²) in [4.78, 5) is 62.9. The maximum absolute atomic E-state index is 13.1. The zero-order chi connectivity index (χ0) is 25.1. The minimum atomic E-state index is -1.46. The maximum Gasteiger partial charge on any atom is 0.327 e. The minimum Gasteiger partial charge on any atom is -0.446 e. The molecule has 0 spiro atoms. The van der Waals surface area contributed by atoms with E-state index in [1.54, 1.807) is 43.3 Å². The normalized spacial score (nSPS) is 19.7. The van der Waals surface area contributed by atoms with Crippen LogP contribution in [-0.2, 0) is 23.9 Å². The topological polar surface area (TPSA) is 136 Å². The van der Waals surface area contributed by atoms with Crippen LogP contribution in [0.5, 0.6) is 0 Å². The number of imide groups is 1. The van der Waals surface area contributed by atoms with Crippen LogP contribution >= 0.6 is 0 Å². The van der Waals surface area contributed by atoms with E-state index in [0.717, 1.165) is 4.90 Å². The van der Waals surface area contributed by atoms with Crippen molar-refractivity contribution < 1.29 is 28.8 Å². The van der Waals surface area contributed by atoms with E-state index < -0.39 is 53.1 Å². The van der Waals surface area contributed by atoms with Crippen molar-refractivity contribution in [3.05, 3.63) is 81.9 Å². The SMILES string of the molecule is Cc1ccc(NC(=O)C(OC(=O)CN2C(=O)C3CC=CCC3C2=O)c2ccccc2)c([N+](=O)[O-])c1. The lowest BCUT2D eigenvalue weighted by Gasteiger charge is -2.20. The number of amides is 3. The van der Waals surface area contributed by atoms with Gasteiger partial charge in [0.1, 0.15) is 12.2 Å². The van der Waals surface area contributed by atoms with Crippen molar-refractivity contribution >= 4 is 35.1 Å². The molecule has 35 heavy (non-hydrogen) atoms. The summed E-state index contributed by atoms with van der Waals surface area (Å²) in [5.74, 6) is -3.60. The molecule has 3 atom stereocenters. The Kier molecular flexibility index (Phi) is 6.72. The second kappa shape index (κ2) is 9.88. The molecule has 180 valence electrons. The molecule has 3 amide bonds. The van der Waals surface area contributed by atoms with Gasteiger partial charge in [-0.2, -0.15) is 0 Å². The van der Waals surface area contributed by atoms with Gasteiger partial charge in [-0.3, -0.25) is 34.2 Å². The molecule has 0 aromatic heterocycles. The lowest BCUT2D eigenvalue weighted by molar-refractivity contribution is -0.384. The number of nitro benzene ring substituents is 1. The van der Waals surface area contributed by atoms with E-state index >= 15 is 0 Å². The van der Waals surface area contributed by atoms with E-state index in [2.05, 4.69) is 5.32 Å². The number of rotatable bonds is 7. The molecular weight excluding hydrogens is 454 g/mol. The maximum atomic E-state index is 13.1. The van der Waals surface area contributed by atoms with Gasteiger partial charge in [0.25, 0.3) is 11.6 Å². The minimum absolute atomic E-state index is 0.0518. The van der Waals surface area contributed by atoms with Gasteiger partial charge < -0.3 is 10.1 Å². The molecule has 0 saturated carbocycles. The predicted molar refractivity (Wildman–Crippen MR) is 124 cm³/mol. The summed E-state index contributed by atoms with van der Waals surface area (Å²) in [5, 5.41) is 13.9. The number of nitrogens with one attached hydrogen (secondary N) is 1. The van der Waals surface area contributed by atoms with Crippen LogP contribution in [0.15, 0.2) is 60.7 Å². The van der Waals surface area contributed by atoms with Crippen molar-refractivity contribution in [2.45, 2.75) is 25.9 Å². The molecule has 1 aliphatic heterocycles. The molecule has 2 aromatic carbocycles. The Morgan fingerprint density at radius 1 is 1.09 bits per heavy atom. The second-order valence-electron chi connectivity index (χ2n) is 8.47. The fraction of sp³-hybridized carbons (Fsp3) is 0.280. The summed E-state index contributed by atoms with van der Waals surface area (Å²) in [7, 11) is 0. The summed E-state index contributed by atoms with van der Waals surface area (Å²) >= 11 is 0. The summed E-state index contributed by atoms with van der Waals surface area (Å²) in [6, 6.07) is 12.4. The van der Waals surface area contributed by atoms with Crippen molar-refractivity contribution in [1.29, 1.82) is 0 Å². The van der Waals surface area contributed by atoms with Crippen molar-refractivity contribution in [2.75, 3.05) is 11.9 Å². The number of hydrogen-bond donors (Lipinski definition) is 1. The standard InChI is InChI=1S/C25H23N3O7/c1-15-11-12-19(20(13-15)28(33)34)26-23(30)22(16-7-3-2-4-8-16)35-21(29)14-27-24(31)17-9-5-6-10-18(17)25(27)32/h2-8,11-13,17-18,22H,9-10,14H2,1H3,(H,26,30). The highest BCUT2D eigenvalue weighted by Gasteiger charge is 2.48. The quantitative estimate of drug-likeness (QED) is 0.213. The first-order chi connectivity index (χ1) is 16.8. The molecule has 1 fully saturated rings. The van der Waals surface area contributed by atoms with Gasteiger partial charge in [0, 0.05) is 11.6 Å². The van der Waals surface area contributed by atoms with Crippen molar-refractivity contribution in [1.82, 2.24) is 4.90 Å². The number of esters is 1. The van der Waals surface area contributed by atoms with Gasteiger partial charge in [0.2, 0.25) is 17.9 Å². The summed E-state index contributed by atoms with van der Waals surface area (Å²) in [6.07, 6.45) is 3.10. The number of ether oxygens (including phenoxy) is 1. The van der Waals surface area contributed by atoms with Crippen LogP contribution in [0.1, 0.15) is 30.1 Å². The lowest BCUT2D eigenvalue weighted by Crippen LogP contribution is -2.38. The van der Waals surface area contributed by atoms with E-state index in [0.29, 0.717) is 24.0 Å². The predicted octanol–water partition coefficient (Wildman–Crippen LogP) is 3.08. The van der Waals surface area contributed by atoms with Gasteiger partial charge in [-0.25, -0.2) is 0 Å². The molecule has 10 heteroatoms. The summed E-state index contributed by atoms with van der Waals surface area (Å²) in [6.45, 7) is 1.06. The molecule has 3 unspecified atom stereocenters. The number of nitro groups is 1. The number of anilines is 1. The van der Waals surface area contributed by atoms with Crippen LogP contribution in [0.4, 0.5) is 11.4 Å². The number of likely N-dealkylation sites (tertiary alicyclic amines) is 1. The molecule has 1 heterocycles. The van der Waals surface area contributed by atoms with E-state index in [9.17, 15) is 29.3 Å². The zero-order valence-electron chi connectivity index (χ0n) is 18.9. The Bertz CT molecular complexity index is 1200. The van der Waals surface area contributed by atoms with E-state index in [4.69, 9.17) is 4.74 Å². The molecule has 1 saturated heterocycles. The lowest BCUT2D eigenvalue weighted by atomic mass is 9.85. The van der Waals surface area contributed by atoms with Crippen molar-refractivity contribution in [3.8, 4) is 0 Å². The third-order valence-corrected chi connectivity index (χ3v) is 6.08. The monoisotopic (exact) mass is 477 g/mol. The van der Waals surface area contributed by atoms with Crippen molar-refractivity contribution in [2.24, 2.45) is 11.8 Å². The van der Waals surface area contributed by atoms with Gasteiger partial charge in [-0.15, -0.1) is 0 Å². The fourth-order valence-corrected chi connectivity index (χ4v) is 4.32. The van der Waals surface area contributed by atoms with Gasteiger partial charge in [0.15, 0.2) is 0 Å². The Labute approximate surface area is 200 Å². The fourth-order valence-electron chi connectivity index (χ4n) is 4.32. The summed E-state index contributed by atoms with van der Waals surface area (Å²) in [5.41, 5.74) is 0.603. The van der Waals surface area contributed by atoms with E-state index in [-0.39, 0.29) is 11.4 Å². The Morgan fingerprint density at radius 3 is 2.31 bits per heavy atom. The van der Waals surface area contributed by atoms with Crippen LogP contribution in [0.2, 0.25) is 0 Å². The Hall–Kier alpha value is -4.34. The smallest absolute Gasteiger partial charge is 0.327 e. The number of fused-ring (bicyclic) bond motifs is 1. The van der Waals surface area contributed by atoms with Gasteiger partial charge in [0.05, 0.1) is 16.8 Å². The van der Waals surface area contributed by atoms with Crippen LogP contribution in [-0.4, -0.2) is 40.1 Å². The van der Waals surface area contributed by atoms with Gasteiger partial charge in [-0.1, -0.05) is 48.6 Å². The number of hydrogen-bond acceptors (Lipinski definition) is 7. The largest absolute Gasteiger partial charge is 0.446 e. The van der Waals surface area contributed by atoms with Crippen molar-refractivity contribution in [3.63, 3.8) is 0 Å². The van der Waals surface area contributed by atoms with Crippen LogP contribution in [0.25, 0.3) is 0 Å². The molecule has 1 aliphatic carbocycles. The molecule has 0 bridgehead atoms. The first-order valence-corrected chi connectivity index (χ1v) is 11.1. The number of benzene rings is 2. The average Bonchev–Trinajstić information content (AvgIpc) is 3.09. The van der Waals surface area contributed by atoms with Crippen LogP contribution in [0.3, 0.4) is 0 Å². The van der Waals surface area contributed by atoms with Gasteiger partial charge in [-0.05, 0) is 31.4 Å². The molecule has 10 nitrogen and oxygen atoms in total. The third-order valence-electron chi connectivity index (χ3n) is 6.08. The highest BCUT2D eigenvalue weighted by atomic mass is 16.6. The highest BCUT2D eigenvalue weighted by molar-refractivity contribution is 6.07. The molecule has 1 N–H and O–H groups in total. The summed E-state index contributed by atoms with van der Waals surface area (Å²) < 4.78 is 5.42. The first kappa shape index (κ1) is 23.8. The average molecular weight is 477 g/mol. The first-order valence-electron chi connectivity index (χ1n) is 11.1. The number of nitrogens with zero attached hydrogens (tertiary/aromatic N) is 2. The number of carbonyl (C=O) groups excluding carboxylic acids is 4. The molecule has 2 aliphatic rings. The molecule has 0 radical (unpaired) electrons. The molecule has 4 rings (SSSR count). The molecule has 2 aromatic rings. The number of allylic oxidation sites excluding steroid dienone is 2. The highest BCUT2D eigenvalue weighted by Crippen LogP contribution is 2.35. The van der Waals surface area contributed by atoms with Crippen LogP contribution in [0, 0.1) is 28.9 Å². The number of carbonyl (C=O) groups is 4. The van der Waals surface area contributed by atoms with Crippen LogP contribution < -0.4 is 5.32 Å². The van der Waals surface area contributed by atoms with Gasteiger partial charge >= 0.3 is 5.97 Å². The second-order valence-corrected chi connectivity index (χ2v) is 8.47. The number of aryl methyl sites for hydroxylation is 1. The molecular formula is C25H23N3O7. The van der Waals surface area contributed by atoms with E-state index in [1.807, 2.05) is 12.2 Å². The Morgan fingerprint density at radius 2 is 1.71 bits per heavy atom.